The highest BCUT2D eigenvalue weighted by molar-refractivity contribution is 5.94. The van der Waals surface area contributed by atoms with Crippen molar-refractivity contribution in [3.63, 3.8) is 0 Å². The second-order valence-electron chi connectivity index (χ2n) is 8.36. The van der Waals surface area contributed by atoms with Crippen LogP contribution in [-0.4, -0.2) is 54.5 Å². The quantitative estimate of drug-likeness (QED) is 0.675. The van der Waals surface area contributed by atoms with E-state index in [1.54, 1.807) is 19.2 Å². The van der Waals surface area contributed by atoms with Crippen molar-refractivity contribution in [2.75, 3.05) is 37.7 Å². The number of nitrogens with zero attached hydrogens (tertiary/aromatic N) is 3. The van der Waals surface area contributed by atoms with Crippen molar-refractivity contribution < 1.29 is 14.3 Å². The van der Waals surface area contributed by atoms with Gasteiger partial charge in [-0.3, -0.25) is 4.79 Å². The SMILES string of the molecule is CCOC(=O)c1ccc(N2CCN(C(=O)c3ccc(C4CCCCC4)cc3)CC2)nc1. The Kier molecular flexibility index (Phi) is 6.85. The number of anilines is 1. The molecule has 1 aromatic heterocycles. The molecule has 0 N–H and O–H groups in total. The molecule has 0 spiro atoms. The van der Waals surface area contributed by atoms with Gasteiger partial charge in [-0.2, -0.15) is 0 Å². The first kappa shape index (κ1) is 21.3. The molecule has 6 nitrogen and oxygen atoms in total. The maximum atomic E-state index is 13.0. The average Bonchev–Trinajstić information content (AvgIpc) is 2.85. The fourth-order valence-corrected chi connectivity index (χ4v) is 4.56. The maximum Gasteiger partial charge on any atom is 0.339 e. The van der Waals surface area contributed by atoms with Gasteiger partial charge in [-0.15, -0.1) is 0 Å². The number of esters is 1. The molecule has 2 fully saturated rings. The molecular formula is C25H31N3O3. The largest absolute Gasteiger partial charge is 0.462 e. The van der Waals surface area contributed by atoms with Crippen LogP contribution in [0.2, 0.25) is 0 Å². The summed E-state index contributed by atoms with van der Waals surface area (Å²) in [7, 11) is 0. The van der Waals surface area contributed by atoms with Crippen LogP contribution in [0.3, 0.4) is 0 Å². The van der Waals surface area contributed by atoms with Crippen LogP contribution >= 0.6 is 0 Å². The van der Waals surface area contributed by atoms with Crippen LogP contribution in [0, 0.1) is 0 Å². The first-order valence-electron chi connectivity index (χ1n) is 11.4. The standard InChI is InChI=1S/C25H31N3O3/c1-2-31-25(30)22-12-13-23(26-18-22)27-14-16-28(17-15-27)24(29)21-10-8-20(9-11-21)19-6-4-3-5-7-19/h8-13,18-19H,2-7,14-17H2,1H3. The second kappa shape index (κ2) is 9.94. The lowest BCUT2D eigenvalue weighted by Crippen LogP contribution is -2.49. The van der Waals surface area contributed by atoms with Gasteiger partial charge in [-0.1, -0.05) is 31.4 Å². The molecule has 2 aromatic rings. The van der Waals surface area contributed by atoms with Crippen molar-refractivity contribution in [2.24, 2.45) is 0 Å². The summed E-state index contributed by atoms with van der Waals surface area (Å²) in [5.41, 5.74) is 2.60. The Morgan fingerprint density at radius 3 is 2.23 bits per heavy atom. The van der Waals surface area contributed by atoms with E-state index >= 15 is 0 Å². The van der Waals surface area contributed by atoms with Crippen molar-refractivity contribution in [3.8, 4) is 0 Å². The molecule has 1 saturated carbocycles. The predicted octanol–water partition coefficient (Wildman–Crippen LogP) is 4.27. The minimum Gasteiger partial charge on any atom is -0.462 e. The van der Waals surface area contributed by atoms with Gasteiger partial charge in [0.1, 0.15) is 5.82 Å². The predicted molar refractivity (Wildman–Crippen MR) is 121 cm³/mol. The number of piperazine rings is 1. The van der Waals surface area contributed by atoms with E-state index < -0.39 is 0 Å². The minimum absolute atomic E-state index is 0.0977. The van der Waals surface area contributed by atoms with Crippen LogP contribution in [0.5, 0.6) is 0 Å². The summed E-state index contributed by atoms with van der Waals surface area (Å²) in [5, 5.41) is 0. The Morgan fingerprint density at radius 1 is 0.935 bits per heavy atom. The highest BCUT2D eigenvalue weighted by Crippen LogP contribution is 2.32. The Bertz CT molecular complexity index is 881. The first-order chi connectivity index (χ1) is 15.2. The van der Waals surface area contributed by atoms with E-state index in [0.717, 1.165) is 24.5 Å². The number of benzene rings is 1. The molecule has 0 unspecified atom stereocenters. The number of aromatic nitrogens is 1. The van der Waals surface area contributed by atoms with Gasteiger partial charge in [-0.25, -0.2) is 9.78 Å². The van der Waals surface area contributed by atoms with Gasteiger partial charge in [0, 0.05) is 37.9 Å². The molecule has 6 heteroatoms. The fraction of sp³-hybridized carbons (Fsp3) is 0.480. The molecule has 1 aromatic carbocycles. The molecule has 2 heterocycles. The number of rotatable bonds is 5. The molecule has 0 atom stereocenters. The molecule has 4 rings (SSSR count). The summed E-state index contributed by atoms with van der Waals surface area (Å²) in [6, 6.07) is 11.9. The van der Waals surface area contributed by atoms with Crippen LogP contribution in [-0.2, 0) is 4.74 Å². The highest BCUT2D eigenvalue weighted by atomic mass is 16.5. The van der Waals surface area contributed by atoms with Crippen molar-refractivity contribution in [2.45, 2.75) is 44.9 Å². The third-order valence-corrected chi connectivity index (χ3v) is 6.38. The Morgan fingerprint density at radius 2 is 1.61 bits per heavy atom. The van der Waals surface area contributed by atoms with E-state index in [2.05, 4.69) is 22.0 Å². The van der Waals surface area contributed by atoms with Crippen molar-refractivity contribution in [3.05, 3.63) is 59.3 Å². The van der Waals surface area contributed by atoms with Crippen molar-refractivity contribution in [1.29, 1.82) is 0 Å². The highest BCUT2D eigenvalue weighted by Gasteiger charge is 2.23. The van der Waals surface area contributed by atoms with E-state index in [1.165, 1.54) is 37.7 Å². The normalized spacial score (nSPS) is 17.5. The zero-order chi connectivity index (χ0) is 21.6. The van der Waals surface area contributed by atoms with E-state index in [0.29, 0.717) is 31.2 Å². The van der Waals surface area contributed by atoms with Gasteiger partial charge in [0.2, 0.25) is 0 Å². The molecule has 2 aliphatic rings. The van der Waals surface area contributed by atoms with Crippen LogP contribution in [0.25, 0.3) is 0 Å². The number of hydrogen-bond donors (Lipinski definition) is 0. The summed E-state index contributed by atoms with van der Waals surface area (Å²) < 4.78 is 5.00. The number of hydrogen-bond acceptors (Lipinski definition) is 5. The second-order valence-corrected chi connectivity index (χ2v) is 8.36. The van der Waals surface area contributed by atoms with E-state index in [9.17, 15) is 9.59 Å². The van der Waals surface area contributed by atoms with Crippen LogP contribution < -0.4 is 4.90 Å². The molecule has 1 aliphatic heterocycles. The summed E-state index contributed by atoms with van der Waals surface area (Å²) in [6.07, 6.45) is 8.07. The third kappa shape index (κ3) is 5.06. The Labute approximate surface area is 184 Å². The zero-order valence-electron chi connectivity index (χ0n) is 18.3. The van der Waals surface area contributed by atoms with Gasteiger partial charge in [0.15, 0.2) is 0 Å². The molecular weight excluding hydrogens is 390 g/mol. The number of ether oxygens (including phenoxy) is 1. The number of carbonyl (C=O) groups excluding carboxylic acids is 2. The van der Waals surface area contributed by atoms with Crippen LogP contribution in [0.1, 0.15) is 71.2 Å². The topological polar surface area (TPSA) is 62.7 Å². The smallest absolute Gasteiger partial charge is 0.339 e. The molecule has 31 heavy (non-hydrogen) atoms. The molecule has 0 bridgehead atoms. The maximum absolute atomic E-state index is 13.0. The van der Waals surface area contributed by atoms with Crippen molar-refractivity contribution >= 4 is 17.7 Å². The van der Waals surface area contributed by atoms with Crippen molar-refractivity contribution in [1.82, 2.24) is 9.88 Å². The monoisotopic (exact) mass is 421 g/mol. The number of carbonyl (C=O) groups is 2. The van der Waals surface area contributed by atoms with Gasteiger partial charge in [0.05, 0.1) is 12.2 Å². The van der Waals surface area contributed by atoms with Gasteiger partial charge >= 0.3 is 5.97 Å². The van der Waals surface area contributed by atoms with Crippen LogP contribution in [0.4, 0.5) is 5.82 Å². The van der Waals surface area contributed by atoms with E-state index in [1.807, 2.05) is 23.1 Å². The average molecular weight is 422 g/mol. The molecule has 1 amide bonds. The molecule has 164 valence electrons. The Balaban J connectivity index is 1.32. The van der Waals surface area contributed by atoms with E-state index in [-0.39, 0.29) is 11.9 Å². The number of pyridine rings is 1. The number of amides is 1. The summed E-state index contributed by atoms with van der Waals surface area (Å²) >= 11 is 0. The fourth-order valence-electron chi connectivity index (χ4n) is 4.56. The lowest BCUT2D eigenvalue weighted by Gasteiger charge is -2.35. The van der Waals surface area contributed by atoms with Crippen LogP contribution in [0.15, 0.2) is 42.6 Å². The third-order valence-electron chi connectivity index (χ3n) is 6.38. The van der Waals surface area contributed by atoms with Gasteiger partial charge in [0.25, 0.3) is 5.91 Å². The first-order valence-corrected chi connectivity index (χ1v) is 11.4. The van der Waals surface area contributed by atoms with Gasteiger partial charge in [-0.05, 0) is 55.5 Å². The molecule has 1 aliphatic carbocycles. The summed E-state index contributed by atoms with van der Waals surface area (Å²) in [4.78, 5) is 33.2. The molecule has 0 radical (unpaired) electrons. The van der Waals surface area contributed by atoms with E-state index in [4.69, 9.17) is 4.74 Å². The summed E-state index contributed by atoms with van der Waals surface area (Å²) in [5.74, 6) is 1.22. The summed E-state index contributed by atoms with van der Waals surface area (Å²) in [6.45, 7) is 4.88. The minimum atomic E-state index is -0.355. The lowest BCUT2D eigenvalue weighted by molar-refractivity contribution is 0.0525. The zero-order valence-corrected chi connectivity index (χ0v) is 18.3. The lowest BCUT2D eigenvalue weighted by atomic mass is 9.84. The Hall–Kier alpha value is -2.89. The van der Waals surface area contributed by atoms with Gasteiger partial charge < -0.3 is 14.5 Å². The molecule has 1 saturated heterocycles.